The highest BCUT2D eigenvalue weighted by atomic mass is 32.2. The molecule has 0 N–H and O–H groups in total. The Hall–Kier alpha value is -1.44. The maximum Gasteiger partial charge on any atom is 0.433 e. The van der Waals surface area contributed by atoms with E-state index < -0.39 is 11.9 Å². The highest BCUT2D eigenvalue weighted by Crippen LogP contribution is 2.30. The fourth-order valence-electron chi connectivity index (χ4n) is 3.19. The summed E-state index contributed by atoms with van der Waals surface area (Å²) in [5.41, 5.74) is -0.887. The summed E-state index contributed by atoms with van der Waals surface area (Å²) < 4.78 is 38.5. The first-order valence-electron chi connectivity index (χ1n) is 8.11. The molecule has 1 aromatic heterocycles. The number of piperidine rings is 1. The molecule has 8 heteroatoms. The van der Waals surface area contributed by atoms with Crippen LogP contribution in [-0.4, -0.2) is 53.5 Å². The zero-order valence-corrected chi connectivity index (χ0v) is 14.1. The van der Waals surface area contributed by atoms with Crippen LogP contribution in [-0.2, 0) is 11.0 Å². The smallest absolute Gasteiger partial charge is 0.356 e. The van der Waals surface area contributed by atoms with E-state index in [4.69, 9.17) is 0 Å². The average Bonchev–Trinajstić information content (AvgIpc) is 2.61. The standard InChI is InChI=1S/C16H20F3N3OS/c17-16(18,19)13-4-1-5-14(20-13)22-6-2-3-12(11-22)15(23)21-7-9-24-10-8-21/h1,4-5,12H,2-3,6-11H2. The molecule has 24 heavy (non-hydrogen) atoms. The highest BCUT2D eigenvalue weighted by Gasteiger charge is 2.34. The number of carbonyl (C=O) groups is 1. The Morgan fingerprint density at radius 3 is 2.67 bits per heavy atom. The molecule has 3 heterocycles. The first-order chi connectivity index (χ1) is 11.4. The molecular weight excluding hydrogens is 339 g/mol. The van der Waals surface area contributed by atoms with E-state index >= 15 is 0 Å². The number of amides is 1. The van der Waals surface area contributed by atoms with Crippen molar-refractivity contribution in [1.82, 2.24) is 9.88 Å². The van der Waals surface area contributed by atoms with Crippen molar-refractivity contribution in [1.29, 1.82) is 0 Å². The number of nitrogens with zero attached hydrogens (tertiary/aromatic N) is 3. The van der Waals surface area contributed by atoms with Gasteiger partial charge in [-0.2, -0.15) is 24.9 Å². The predicted molar refractivity (Wildman–Crippen MR) is 88.1 cm³/mol. The monoisotopic (exact) mass is 359 g/mol. The van der Waals surface area contributed by atoms with Gasteiger partial charge in [-0.25, -0.2) is 4.98 Å². The van der Waals surface area contributed by atoms with E-state index in [0.717, 1.165) is 43.5 Å². The fraction of sp³-hybridized carbons (Fsp3) is 0.625. The van der Waals surface area contributed by atoms with Crippen LogP contribution in [0.3, 0.4) is 0 Å². The zero-order chi connectivity index (χ0) is 17.2. The molecule has 0 radical (unpaired) electrons. The third-order valence-electron chi connectivity index (χ3n) is 4.44. The normalized spacial score (nSPS) is 22.5. The van der Waals surface area contributed by atoms with Gasteiger partial charge in [-0.05, 0) is 25.0 Å². The van der Waals surface area contributed by atoms with Crippen molar-refractivity contribution in [3.05, 3.63) is 23.9 Å². The van der Waals surface area contributed by atoms with E-state index in [-0.39, 0.29) is 11.8 Å². The lowest BCUT2D eigenvalue weighted by molar-refractivity contribution is -0.141. The van der Waals surface area contributed by atoms with Crippen LogP contribution in [0.2, 0.25) is 0 Å². The summed E-state index contributed by atoms with van der Waals surface area (Å²) in [6.07, 6.45) is -2.87. The number of hydrogen-bond acceptors (Lipinski definition) is 4. The van der Waals surface area contributed by atoms with Crippen LogP contribution in [0.4, 0.5) is 19.0 Å². The first-order valence-corrected chi connectivity index (χ1v) is 9.26. The number of carbonyl (C=O) groups excluding carboxylic acids is 1. The molecule has 2 aliphatic rings. The van der Waals surface area contributed by atoms with E-state index in [1.807, 2.05) is 16.7 Å². The molecular formula is C16H20F3N3OS. The van der Waals surface area contributed by atoms with Gasteiger partial charge in [0.25, 0.3) is 0 Å². The summed E-state index contributed by atoms with van der Waals surface area (Å²) in [5.74, 6) is 2.19. The first kappa shape index (κ1) is 17.4. The molecule has 1 amide bonds. The predicted octanol–water partition coefficient (Wildman–Crippen LogP) is 2.89. The molecule has 0 saturated carbocycles. The Balaban J connectivity index is 1.70. The number of anilines is 1. The zero-order valence-electron chi connectivity index (χ0n) is 13.3. The van der Waals surface area contributed by atoms with Gasteiger partial charge in [0.1, 0.15) is 11.5 Å². The maximum absolute atomic E-state index is 12.8. The van der Waals surface area contributed by atoms with Crippen LogP contribution >= 0.6 is 11.8 Å². The van der Waals surface area contributed by atoms with Gasteiger partial charge in [0, 0.05) is 37.7 Å². The van der Waals surface area contributed by atoms with Crippen molar-refractivity contribution in [3.8, 4) is 0 Å². The lowest BCUT2D eigenvalue weighted by atomic mass is 9.96. The number of aromatic nitrogens is 1. The van der Waals surface area contributed by atoms with Gasteiger partial charge in [-0.1, -0.05) is 6.07 Å². The lowest BCUT2D eigenvalue weighted by Crippen LogP contribution is -2.47. The third-order valence-corrected chi connectivity index (χ3v) is 5.38. The van der Waals surface area contributed by atoms with E-state index in [0.29, 0.717) is 18.9 Å². The second kappa shape index (κ2) is 7.21. The van der Waals surface area contributed by atoms with Gasteiger partial charge >= 0.3 is 6.18 Å². The van der Waals surface area contributed by atoms with E-state index in [1.165, 1.54) is 6.07 Å². The molecule has 0 aliphatic carbocycles. The molecule has 132 valence electrons. The Morgan fingerprint density at radius 2 is 1.96 bits per heavy atom. The second-order valence-electron chi connectivity index (χ2n) is 6.10. The van der Waals surface area contributed by atoms with Crippen LogP contribution in [0.1, 0.15) is 18.5 Å². The van der Waals surface area contributed by atoms with E-state index in [1.54, 1.807) is 11.0 Å². The molecule has 0 aromatic carbocycles. The van der Waals surface area contributed by atoms with Gasteiger partial charge in [-0.3, -0.25) is 4.79 Å². The van der Waals surface area contributed by atoms with E-state index in [9.17, 15) is 18.0 Å². The number of alkyl halides is 3. The topological polar surface area (TPSA) is 36.4 Å². The summed E-state index contributed by atoms with van der Waals surface area (Å²) in [5, 5.41) is 0. The molecule has 2 fully saturated rings. The summed E-state index contributed by atoms with van der Waals surface area (Å²) in [6.45, 7) is 2.61. The Kier molecular flexibility index (Phi) is 5.22. The van der Waals surface area contributed by atoms with Crippen LogP contribution in [0.15, 0.2) is 18.2 Å². The Bertz CT molecular complexity index is 590. The summed E-state index contributed by atoms with van der Waals surface area (Å²) in [7, 11) is 0. The van der Waals surface area contributed by atoms with Gasteiger partial charge < -0.3 is 9.80 Å². The number of thioether (sulfide) groups is 1. The van der Waals surface area contributed by atoms with Gasteiger partial charge in [-0.15, -0.1) is 0 Å². The van der Waals surface area contributed by atoms with Crippen molar-refractivity contribution >= 4 is 23.5 Å². The SMILES string of the molecule is O=C(C1CCCN(c2cccc(C(F)(F)F)n2)C1)N1CCSCC1. The molecule has 4 nitrogen and oxygen atoms in total. The lowest BCUT2D eigenvalue weighted by Gasteiger charge is -2.36. The maximum atomic E-state index is 12.8. The second-order valence-corrected chi connectivity index (χ2v) is 7.33. The van der Waals surface area contributed by atoms with Gasteiger partial charge in [0.2, 0.25) is 5.91 Å². The van der Waals surface area contributed by atoms with Crippen LogP contribution in [0, 0.1) is 5.92 Å². The van der Waals surface area contributed by atoms with Crippen molar-refractivity contribution < 1.29 is 18.0 Å². The van der Waals surface area contributed by atoms with Crippen molar-refractivity contribution in [2.45, 2.75) is 19.0 Å². The summed E-state index contributed by atoms with van der Waals surface area (Å²) in [4.78, 5) is 20.1. The van der Waals surface area contributed by atoms with Crippen LogP contribution in [0.5, 0.6) is 0 Å². The Morgan fingerprint density at radius 1 is 1.21 bits per heavy atom. The van der Waals surface area contributed by atoms with Crippen LogP contribution < -0.4 is 4.90 Å². The fourth-order valence-corrected chi connectivity index (χ4v) is 4.09. The summed E-state index contributed by atoms with van der Waals surface area (Å²) in [6, 6.07) is 3.93. The third kappa shape index (κ3) is 3.96. The molecule has 3 rings (SSSR count). The summed E-state index contributed by atoms with van der Waals surface area (Å²) >= 11 is 1.84. The molecule has 1 atom stereocenters. The molecule has 0 bridgehead atoms. The molecule has 2 saturated heterocycles. The van der Waals surface area contributed by atoms with Crippen molar-refractivity contribution in [2.75, 3.05) is 42.6 Å². The highest BCUT2D eigenvalue weighted by molar-refractivity contribution is 7.99. The Labute approximate surface area is 143 Å². The van der Waals surface area contributed by atoms with Gasteiger partial charge in [0.05, 0.1) is 5.92 Å². The molecule has 1 unspecified atom stereocenters. The van der Waals surface area contributed by atoms with Crippen LogP contribution in [0.25, 0.3) is 0 Å². The largest absolute Gasteiger partial charge is 0.433 e. The number of pyridine rings is 1. The van der Waals surface area contributed by atoms with Crippen molar-refractivity contribution in [2.24, 2.45) is 5.92 Å². The minimum atomic E-state index is -4.45. The van der Waals surface area contributed by atoms with E-state index in [2.05, 4.69) is 4.98 Å². The number of halogens is 3. The average molecular weight is 359 g/mol. The molecule has 2 aliphatic heterocycles. The number of hydrogen-bond donors (Lipinski definition) is 0. The minimum Gasteiger partial charge on any atom is -0.356 e. The van der Waals surface area contributed by atoms with Gasteiger partial charge in [0.15, 0.2) is 0 Å². The quantitative estimate of drug-likeness (QED) is 0.814. The number of rotatable bonds is 2. The molecule has 0 spiro atoms. The minimum absolute atomic E-state index is 0.131. The van der Waals surface area contributed by atoms with Crippen molar-refractivity contribution in [3.63, 3.8) is 0 Å². The molecule has 1 aromatic rings.